The number of aryl methyl sites for hydroxylation is 1. The van der Waals surface area contributed by atoms with Crippen LogP contribution in [-0.2, 0) is 0 Å². The molecule has 0 spiro atoms. The third-order valence-corrected chi connectivity index (χ3v) is 6.00. The molecule has 3 aromatic rings. The molecule has 0 aliphatic carbocycles. The quantitative estimate of drug-likeness (QED) is 0.473. The number of allylic oxidation sites excluding steroid dienone is 1. The number of aromatic nitrogens is 2. The van der Waals surface area contributed by atoms with E-state index in [4.69, 9.17) is 21.7 Å². The van der Waals surface area contributed by atoms with Crippen molar-refractivity contribution in [2.45, 2.75) is 40.2 Å². The Morgan fingerprint density at radius 2 is 1.91 bits per heavy atom. The third-order valence-electron chi connectivity index (χ3n) is 5.66. The van der Waals surface area contributed by atoms with E-state index in [0.29, 0.717) is 22.7 Å². The zero-order valence-electron chi connectivity index (χ0n) is 18.7. The molecule has 0 saturated carbocycles. The summed E-state index contributed by atoms with van der Waals surface area (Å²) < 4.78 is 19.3. The summed E-state index contributed by atoms with van der Waals surface area (Å²) in [6.45, 7) is 9.21. The van der Waals surface area contributed by atoms with Gasteiger partial charge in [0.1, 0.15) is 5.82 Å². The Bertz CT molecular complexity index is 1150. The van der Waals surface area contributed by atoms with Crippen LogP contribution in [0.25, 0.3) is 17.0 Å². The number of nitrogens with zero attached hydrogens (tertiary/aromatic N) is 3. The number of hydrogen-bond donors (Lipinski definition) is 1. The van der Waals surface area contributed by atoms with Crippen LogP contribution in [0, 0.1) is 18.7 Å². The molecule has 1 aliphatic heterocycles. The number of nitrogens with one attached hydrogen (secondary N) is 1. The molecule has 1 unspecified atom stereocenters. The molecule has 0 bridgehead atoms. The highest BCUT2D eigenvalue weighted by atomic mass is 32.1. The first-order chi connectivity index (χ1) is 15.3. The Morgan fingerprint density at radius 3 is 2.59 bits per heavy atom. The number of benzene rings is 2. The van der Waals surface area contributed by atoms with Gasteiger partial charge in [-0.3, -0.25) is 0 Å². The van der Waals surface area contributed by atoms with Gasteiger partial charge in [0, 0.05) is 17.8 Å². The summed E-state index contributed by atoms with van der Waals surface area (Å²) in [5.41, 5.74) is 4.70. The molecule has 2 heterocycles. The summed E-state index contributed by atoms with van der Waals surface area (Å²) in [4.78, 5) is 6.81. The normalized spacial score (nSPS) is 16.6. The lowest BCUT2D eigenvalue weighted by Gasteiger charge is -2.37. The van der Waals surface area contributed by atoms with E-state index < -0.39 is 0 Å². The van der Waals surface area contributed by atoms with Crippen LogP contribution in [0.4, 0.5) is 4.39 Å². The average Bonchev–Trinajstić information content (AvgIpc) is 3.23. The van der Waals surface area contributed by atoms with Gasteiger partial charge in [-0.25, -0.2) is 4.39 Å². The van der Waals surface area contributed by atoms with Crippen LogP contribution in [0.1, 0.15) is 50.3 Å². The van der Waals surface area contributed by atoms with Crippen molar-refractivity contribution in [1.82, 2.24) is 20.4 Å². The van der Waals surface area contributed by atoms with Gasteiger partial charge >= 0.3 is 0 Å². The first-order valence-electron chi connectivity index (χ1n) is 10.8. The predicted octanol–water partition coefficient (Wildman–Crippen LogP) is 5.89. The van der Waals surface area contributed by atoms with Gasteiger partial charge in [0.05, 0.1) is 11.6 Å². The summed E-state index contributed by atoms with van der Waals surface area (Å²) in [5.74, 6) is 1.22. The zero-order chi connectivity index (χ0) is 22.8. The highest BCUT2D eigenvalue weighted by Gasteiger charge is 2.34. The lowest BCUT2D eigenvalue weighted by molar-refractivity contribution is 0.390. The average molecular weight is 451 g/mol. The van der Waals surface area contributed by atoms with Gasteiger partial charge in [-0.05, 0) is 62.2 Å². The Hall–Kier alpha value is -3.06. The third kappa shape index (κ3) is 4.58. The molecule has 1 atom stereocenters. The first-order valence-corrected chi connectivity index (χ1v) is 11.2. The molecule has 0 fully saturated rings. The number of thiocarbonyl (C=S) groups is 1. The molecule has 166 valence electrons. The number of hydrogen-bond acceptors (Lipinski definition) is 4. The topological polar surface area (TPSA) is 54.2 Å². The van der Waals surface area contributed by atoms with Crippen LogP contribution in [0.3, 0.4) is 0 Å². The van der Waals surface area contributed by atoms with Crippen molar-refractivity contribution in [3.63, 3.8) is 0 Å². The van der Waals surface area contributed by atoms with Gasteiger partial charge in [-0.1, -0.05) is 54.9 Å². The van der Waals surface area contributed by atoms with Gasteiger partial charge in [0.2, 0.25) is 5.82 Å². The van der Waals surface area contributed by atoms with Crippen LogP contribution in [-0.4, -0.2) is 26.7 Å². The lowest BCUT2D eigenvalue weighted by Crippen LogP contribution is -2.46. The maximum Gasteiger partial charge on any atom is 0.258 e. The molecule has 7 heteroatoms. The summed E-state index contributed by atoms with van der Waals surface area (Å²) in [6, 6.07) is 14.1. The molecular formula is C25H27FN4OS. The molecule has 0 amide bonds. The van der Waals surface area contributed by atoms with Crippen molar-refractivity contribution in [1.29, 1.82) is 0 Å². The second-order valence-electron chi connectivity index (χ2n) is 8.56. The van der Waals surface area contributed by atoms with E-state index in [1.54, 1.807) is 12.1 Å². The molecule has 1 aromatic heterocycles. The summed E-state index contributed by atoms with van der Waals surface area (Å²) in [5, 5.41) is 8.29. The standard InChI is InChI=1S/C25H27FN4OS/c1-15(2)12-13-30-17(4)21(22(27-25(30)32)18-8-10-20(26)11-9-18)24-28-23(29-31-24)19-7-5-6-16(3)14-19/h5-11,14-15,22H,12-13H2,1-4H3,(H,27,32). The molecule has 0 radical (unpaired) electrons. The van der Waals surface area contributed by atoms with Crippen molar-refractivity contribution in [2.24, 2.45) is 5.92 Å². The largest absolute Gasteiger partial charge is 0.351 e. The molecule has 32 heavy (non-hydrogen) atoms. The van der Waals surface area contributed by atoms with Crippen molar-refractivity contribution in [3.05, 3.63) is 77.1 Å². The van der Waals surface area contributed by atoms with E-state index in [0.717, 1.165) is 40.9 Å². The van der Waals surface area contributed by atoms with Crippen molar-refractivity contribution in [2.75, 3.05) is 6.54 Å². The lowest BCUT2D eigenvalue weighted by atomic mass is 9.94. The Balaban J connectivity index is 1.79. The minimum Gasteiger partial charge on any atom is -0.351 e. The Kier molecular flexibility index (Phi) is 6.37. The number of halogens is 1. The minimum absolute atomic E-state index is 0.285. The highest BCUT2D eigenvalue weighted by molar-refractivity contribution is 7.80. The molecule has 2 aromatic carbocycles. The maximum atomic E-state index is 13.6. The van der Waals surface area contributed by atoms with E-state index in [9.17, 15) is 4.39 Å². The van der Waals surface area contributed by atoms with Crippen LogP contribution in [0.2, 0.25) is 0 Å². The van der Waals surface area contributed by atoms with Crippen LogP contribution >= 0.6 is 12.2 Å². The summed E-state index contributed by atoms with van der Waals surface area (Å²) in [7, 11) is 0. The fourth-order valence-electron chi connectivity index (χ4n) is 3.85. The van der Waals surface area contributed by atoms with E-state index in [1.165, 1.54) is 12.1 Å². The van der Waals surface area contributed by atoms with Crippen LogP contribution in [0.15, 0.2) is 58.8 Å². The van der Waals surface area contributed by atoms with Gasteiger partial charge in [-0.2, -0.15) is 4.98 Å². The van der Waals surface area contributed by atoms with Gasteiger partial charge < -0.3 is 14.7 Å². The molecule has 1 N–H and O–H groups in total. The fourth-order valence-corrected chi connectivity index (χ4v) is 4.20. The highest BCUT2D eigenvalue weighted by Crippen LogP contribution is 2.37. The van der Waals surface area contributed by atoms with Crippen molar-refractivity contribution < 1.29 is 8.91 Å². The van der Waals surface area contributed by atoms with E-state index >= 15 is 0 Å². The molecule has 0 saturated heterocycles. The maximum absolute atomic E-state index is 13.6. The molecule has 4 rings (SSSR count). The van der Waals surface area contributed by atoms with Gasteiger partial charge in [0.25, 0.3) is 5.89 Å². The van der Waals surface area contributed by atoms with Crippen molar-refractivity contribution in [3.8, 4) is 11.4 Å². The zero-order valence-corrected chi connectivity index (χ0v) is 19.5. The second-order valence-corrected chi connectivity index (χ2v) is 8.95. The molecule has 5 nitrogen and oxygen atoms in total. The van der Waals surface area contributed by atoms with Crippen LogP contribution < -0.4 is 5.32 Å². The smallest absolute Gasteiger partial charge is 0.258 e. The molecular weight excluding hydrogens is 423 g/mol. The van der Waals surface area contributed by atoms with Crippen LogP contribution in [0.5, 0.6) is 0 Å². The fraction of sp³-hybridized carbons (Fsp3) is 0.320. The SMILES string of the molecule is CC1=C(c2nc(-c3cccc(C)c3)no2)C(c2ccc(F)cc2)NC(=S)N1CCC(C)C. The second kappa shape index (κ2) is 9.20. The van der Waals surface area contributed by atoms with Gasteiger partial charge in [0.15, 0.2) is 5.11 Å². The van der Waals surface area contributed by atoms with Gasteiger partial charge in [-0.15, -0.1) is 0 Å². The van der Waals surface area contributed by atoms with E-state index in [1.807, 2.05) is 38.1 Å². The van der Waals surface area contributed by atoms with Crippen molar-refractivity contribution >= 4 is 22.9 Å². The Labute approximate surface area is 193 Å². The molecule has 1 aliphatic rings. The van der Waals surface area contributed by atoms with E-state index in [-0.39, 0.29) is 11.9 Å². The summed E-state index contributed by atoms with van der Waals surface area (Å²) in [6.07, 6.45) is 0.992. The Morgan fingerprint density at radius 1 is 1.16 bits per heavy atom. The predicted molar refractivity (Wildman–Crippen MR) is 128 cm³/mol. The first kappa shape index (κ1) is 22.1. The monoisotopic (exact) mass is 450 g/mol. The number of rotatable bonds is 6. The van der Waals surface area contributed by atoms with E-state index in [2.05, 4.69) is 29.2 Å². The summed E-state index contributed by atoms with van der Waals surface area (Å²) >= 11 is 5.70. The minimum atomic E-state index is -0.316.